The monoisotopic (exact) mass is 419 g/mol. The quantitative estimate of drug-likeness (QED) is 0.774. The predicted octanol–water partition coefficient (Wildman–Crippen LogP) is 3.28. The van der Waals surface area contributed by atoms with E-state index in [0.29, 0.717) is 36.2 Å². The Hall–Kier alpha value is -3.48. The van der Waals surface area contributed by atoms with Crippen molar-refractivity contribution in [2.75, 3.05) is 25.5 Å². The number of likely N-dealkylation sites (tertiary alicyclic amines) is 1. The Morgan fingerprint density at radius 2 is 1.58 bits per heavy atom. The summed E-state index contributed by atoms with van der Waals surface area (Å²) in [6.07, 6.45) is 1.09. The molecule has 1 saturated heterocycles. The molecule has 160 valence electrons. The van der Waals surface area contributed by atoms with Crippen molar-refractivity contribution in [3.8, 4) is 0 Å². The maximum absolute atomic E-state index is 13.2. The lowest BCUT2D eigenvalue weighted by molar-refractivity contribution is 0.0623. The molecule has 2 heterocycles. The van der Waals surface area contributed by atoms with Crippen molar-refractivity contribution < 1.29 is 19.2 Å². The highest BCUT2D eigenvalue weighted by molar-refractivity contribution is 6.22. The van der Waals surface area contributed by atoms with E-state index in [1.807, 2.05) is 4.90 Å². The van der Waals surface area contributed by atoms with Gasteiger partial charge in [0.05, 0.1) is 22.4 Å². The van der Waals surface area contributed by atoms with Gasteiger partial charge in [-0.2, -0.15) is 0 Å². The molecule has 2 aromatic rings. The van der Waals surface area contributed by atoms with E-state index in [0.717, 1.165) is 11.3 Å². The van der Waals surface area contributed by atoms with Gasteiger partial charge in [-0.25, -0.2) is 0 Å². The van der Waals surface area contributed by atoms with Crippen LogP contribution in [0.25, 0.3) is 0 Å². The van der Waals surface area contributed by atoms with E-state index in [4.69, 9.17) is 0 Å². The highest BCUT2D eigenvalue weighted by Crippen LogP contribution is 2.26. The van der Waals surface area contributed by atoms with Crippen LogP contribution in [0.15, 0.2) is 42.5 Å². The zero-order valence-corrected chi connectivity index (χ0v) is 17.8. The summed E-state index contributed by atoms with van der Waals surface area (Å²) in [5.41, 5.74) is 1.60. The fourth-order valence-electron chi connectivity index (χ4n) is 4.47. The van der Waals surface area contributed by atoms with Crippen molar-refractivity contribution >= 4 is 29.3 Å². The number of carbonyl (C=O) groups excluding carboxylic acids is 4. The first-order valence-corrected chi connectivity index (χ1v) is 10.4. The summed E-state index contributed by atoms with van der Waals surface area (Å²) in [6.45, 7) is 5.67. The molecule has 1 fully saturated rings. The summed E-state index contributed by atoms with van der Waals surface area (Å²) in [4.78, 5) is 53.2. The van der Waals surface area contributed by atoms with Crippen LogP contribution >= 0.6 is 0 Å². The number of carbonyl (C=O) groups is 4. The van der Waals surface area contributed by atoms with E-state index >= 15 is 0 Å². The van der Waals surface area contributed by atoms with Crippen LogP contribution in [-0.4, -0.2) is 53.6 Å². The van der Waals surface area contributed by atoms with Crippen molar-refractivity contribution in [3.63, 3.8) is 0 Å². The number of nitrogens with one attached hydrogen (secondary N) is 1. The number of piperidine rings is 1. The Bertz CT molecular complexity index is 1080. The lowest BCUT2D eigenvalue weighted by Crippen LogP contribution is -2.42. The molecule has 2 unspecified atom stereocenters. The van der Waals surface area contributed by atoms with E-state index < -0.39 is 11.8 Å². The molecule has 2 aromatic carbocycles. The van der Waals surface area contributed by atoms with Gasteiger partial charge in [-0.1, -0.05) is 26.0 Å². The van der Waals surface area contributed by atoms with Gasteiger partial charge in [-0.15, -0.1) is 0 Å². The summed E-state index contributed by atoms with van der Waals surface area (Å²) in [6, 6.07) is 11.4. The normalized spacial score (nSPS) is 20.6. The number of para-hydroxylation sites is 1. The average molecular weight is 419 g/mol. The maximum atomic E-state index is 13.2. The Balaban J connectivity index is 1.57. The standard InChI is InChI=1S/C24H25N3O4/c1-14-10-15(2)13-27(12-14)24(31)18-6-4-5-7-20(18)25-21(28)16-8-9-17-19(11-16)23(30)26(3)22(17)29/h4-9,11,14-15H,10,12-13H2,1-3H3,(H,25,28). The van der Waals surface area contributed by atoms with Crippen LogP contribution in [0.5, 0.6) is 0 Å². The average Bonchev–Trinajstić information content (AvgIpc) is 2.96. The lowest BCUT2D eigenvalue weighted by atomic mass is 9.91. The summed E-state index contributed by atoms with van der Waals surface area (Å²) in [7, 11) is 1.41. The zero-order valence-electron chi connectivity index (χ0n) is 17.8. The molecule has 0 aromatic heterocycles. The molecule has 0 radical (unpaired) electrons. The first-order valence-electron chi connectivity index (χ1n) is 10.4. The molecular weight excluding hydrogens is 394 g/mol. The third-order valence-corrected chi connectivity index (χ3v) is 5.91. The molecule has 31 heavy (non-hydrogen) atoms. The van der Waals surface area contributed by atoms with E-state index in [2.05, 4.69) is 19.2 Å². The van der Waals surface area contributed by atoms with E-state index in [9.17, 15) is 19.2 Å². The number of nitrogens with zero attached hydrogens (tertiary/aromatic N) is 2. The van der Waals surface area contributed by atoms with Gasteiger partial charge in [-0.05, 0) is 48.6 Å². The predicted molar refractivity (Wildman–Crippen MR) is 116 cm³/mol. The minimum Gasteiger partial charge on any atom is -0.338 e. The second kappa shape index (κ2) is 7.98. The molecule has 0 aliphatic carbocycles. The van der Waals surface area contributed by atoms with Gasteiger partial charge < -0.3 is 10.2 Å². The fourth-order valence-corrected chi connectivity index (χ4v) is 4.47. The van der Waals surface area contributed by atoms with Crippen LogP contribution in [-0.2, 0) is 0 Å². The summed E-state index contributed by atoms with van der Waals surface area (Å²) < 4.78 is 0. The van der Waals surface area contributed by atoms with Gasteiger partial charge in [0.15, 0.2) is 0 Å². The molecule has 4 amide bonds. The Morgan fingerprint density at radius 3 is 2.29 bits per heavy atom. The summed E-state index contributed by atoms with van der Waals surface area (Å²) in [5, 5.41) is 2.80. The van der Waals surface area contributed by atoms with Crippen molar-refractivity contribution in [2.24, 2.45) is 11.8 Å². The molecule has 1 N–H and O–H groups in total. The van der Waals surface area contributed by atoms with Crippen molar-refractivity contribution in [2.45, 2.75) is 20.3 Å². The Morgan fingerprint density at radius 1 is 0.935 bits per heavy atom. The second-order valence-electron chi connectivity index (χ2n) is 8.59. The fraction of sp³-hybridized carbons (Fsp3) is 0.333. The Labute approximate surface area is 181 Å². The molecule has 2 atom stereocenters. The molecule has 0 bridgehead atoms. The number of hydrogen-bond donors (Lipinski definition) is 1. The molecule has 2 aliphatic rings. The SMILES string of the molecule is CC1CC(C)CN(C(=O)c2ccccc2NC(=O)c2ccc3c(c2)C(=O)N(C)C3=O)C1. The molecule has 4 rings (SSSR count). The first-order chi connectivity index (χ1) is 14.8. The van der Waals surface area contributed by atoms with Crippen LogP contribution in [0.3, 0.4) is 0 Å². The van der Waals surface area contributed by atoms with Gasteiger partial charge >= 0.3 is 0 Å². The zero-order chi connectivity index (χ0) is 22.3. The maximum Gasteiger partial charge on any atom is 0.261 e. The molecule has 7 heteroatoms. The van der Waals surface area contributed by atoms with Gasteiger partial charge in [0.2, 0.25) is 0 Å². The lowest BCUT2D eigenvalue weighted by Gasteiger charge is -2.35. The van der Waals surface area contributed by atoms with Crippen LogP contribution in [0.1, 0.15) is 61.7 Å². The summed E-state index contributed by atoms with van der Waals surface area (Å²) in [5.74, 6) is -0.506. The third kappa shape index (κ3) is 3.83. The molecular formula is C24H25N3O4. The number of benzene rings is 2. The van der Waals surface area contributed by atoms with Crippen LogP contribution in [0.4, 0.5) is 5.69 Å². The van der Waals surface area contributed by atoms with Gasteiger partial charge in [0, 0.05) is 25.7 Å². The number of anilines is 1. The summed E-state index contributed by atoms with van der Waals surface area (Å²) >= 11 is 0. The smallest absolute Gasteiger partial charge is 0.261 e. The topological polar surface area (TPSA) is 86.8 Å². The van der Waals surface area contributed by atoms with Gasteiger partial charge in [-0.3, -0.25) is 24.1 Å². The minimum atomic E-state index is -0.446. The number of imide groups is 1. The van der Waals surface area contributed by atoms with Crippen molar-refractivity contribution in [3.05, 3.63) is 64.7 Å². The van der Waals surface area contributed by atoms with Gasteiger partial charge in [0.25, 0.3) is 23.6 Å². The van der Waals surface area contributed by atoms with E-state index in [1.54, 1.807) is 24.3 Å². The second-order valence-corrected chi connectivity index (χ2v) is 8.59. The number of fused-ring (bicyclic) bond motifs is 1. The number of amides is 4. The van der Waals surface area contributed by atoms with Crippen molar-refractivity contribution in [1.29, 1.82) is 0 Å². The highest BCUT2D eigenvalue weighted by atomic mass is 16.2. The van der Waals surface area contributed by atoms with E-state index in [-0.39, 0.29) is 28.5 Å². The van der Waals surface area contributed by atoms with Crippen LogP contribution in [0, 0.1) is 11.8 Å². The van der Waals surface area contributed by atoms with Crippen LogP contribution < -0.4 is 5.32 Å². The van der Waals surface area contributed by atoms with Gasteiger partial charge in [0.1, 0.15) is 0 Å². The van der Waals surface area contributed by atoms with E-state index in [1.165, 1.54) is 25.2 Å². The van der Waals surface area contributed by atoms with Crippen LogP contribution in [0.2, 0.25) is 0 Å². The van der Waals surface area contributed by atoms with Crippen molar-refractivity contribution in [1.82, 2.24) is 9.80 Å². The number of rotatable bonds is 3. The number of hydrogen-bond acceptors (Lipinski definition) is 4. The minimum absolute atomic E-state index is 0.106. The molecule has 0 spiro atoms. The molecule has 0 saturated carbocycles. The molecule has 7 nitrogen and oxygen atoms in total. The highest BCUT2D eigenvalue weighted by Gasteiger charge is 2.33. The molecule has 2 aliphatic heterocycles. The Kier molecular flexibility index (Phi) is 5.35. The largest absolute Gasteiger partial charge is 0.338 e. The third-order valence-electron chi connectivity index (χ3n) is 5.91. The first kappa shape index (κ1) is 20.8.